The molecule has 2 saturated heterocycles. The van der Waals surface area contributed by atoms with Crippen LogP contribution >= 0.6 is 0 Å². The van der Waals surface area contributed by atoms with Gasteiger partial charge in [-0.1, -0.05) is 13.8 Å². The first kappa shape index (κ1) is 15.1. The van der Waals surface area contributed by atoms with Crippen LogP contribution in [0.1, 0.15) is 33.1 Å². The number of carboxylic acids is 1. The third-order valence-electron chi connectivity index (χ3n) is 4.50. The average Bonchev–Trinajstić information content (AvgIpc) is 2.84. The molecule has 6 nitrogen and oxygen atoms in total. The number of carboxylic acid groups (broad SMARTS) is 1. The predicted molar refractivity (Wildman–Crippen MR) is 73.5 cm³/mol. The lowest BCUT2D eigenvalue weighted by molar-refractivity contribution is -0.148. The van der Waals surface area contributed by atoms with E-state index < -0.39 is 12.0 Å². The van der Waals surface area contributed by atoms with Crippen molar-refractivity contribution in [3.8, 4) is 0 Å². The monoisotopic (exact) mass is 284 g/mol. The summed E-state index contributed by atoms with van der Waals surface area (Å²) in [6.45, 7) is 5.56. The Morgan fingerprint density at radius 1 is 1.30 bits per heavy atom. The van der Waals surface area contributed by atoms with E-state index in [4.69, 9.17) is 4.74 Å². The van der Waals surface area contributed by atoms with Crippen LogP contribution in [0.15, 0.2) is 0 Å². The van der Waals surface area contributed by atoms with Crippen molar-refractivity contribution in [1.29, 1.82) is 0 Å². The van der Waals surface area contributed by atoms with Crippen LogP contribution in [0.5, 0.6) is 0 Å². The van der Waals surface area contributed by atoms with Gasteiger partial charge >= 0.3 is 12.0 Å². The fraction of sp³-hybridized carbons (Fsp3) is 0.857. The zero-order chi connectivity index (χ0) is 14.9. The first-order valence-electron chi connectivity index (χ1n) is 7.18. The lowest BCUT2D eigenvalue weighted by Gasteiger charge is -2.45. The van der Waals surface area contributed by atoms with E-state index in [1.165, 1.54) is 4.90 Å². The number of likely N-dealkylation sites (tertiary alicyclic amines) is 2. The topological polar surface area (TPSA) is 70.1 Å². The summed E-state index contributed by atoms with van der Waals surface area (Å²) in [5.41, 5.74) is -0.389. The number of methoxy groups -OCH3 is 1. The van der Waals surface area contributed by atoms with Gasteiger partial charge in [0.1, 0.15) is 6.04 Å². The highest BCUT2D eigenvalue weighted by atomic mass is 16.5. The molecule has 6 heteroatoms. The fourth-order valence-corrected chi connectivity index (χ4v) is 3.34. The van der Waals surface area contributed by atoms with Crippen LogP contribution in [-0.4, -0.2) is 65.8 Å². The highest BCUT2D eigenvalue weighted by molar-refractivity contribution is 5.83. The molecular weight excluding hydrogens is 260 g/mol. The Balaban J connectivity index is 2.13. The number of hydrogen-bond donors (Lipinski definition) is 1. The van der Waals surface area contributed by atoms with Gasteiger partial charge in [0.25, 0.3) is 0 Å². The van der Waals surface area contributed by atoms with Crippen molar-refractivity contribution in [3.05, 3.63) is 0 Å². The minimum absolute atomic E-state index is 0.0695. The van der Waals surface area contributed by atoms with Gasteiger partial charge in [-0.25, -0.2) is 9.59 Å². The summed E-state index contributed by atoms with van der Waals surface area (Å²) >= 11 is 0. The van der Waals surface area contributed by atoms with Crippen molar-refractivity contribution in [2.24, 2.45) is 5.41 Å². The molecule has 0 aromatic rings. The van der Waals surface area contributed by atoms with E-state index in [1.54, 1.807) is 12.0 Å². The van der Waals surface area contributed by atoms with Gasteiger partial charge in [-0.15, -0.1) is 0 Å². The van der Waals surface area contributed by atoms with Crippen LogP contribution in [0.3, 0.4) is 0 Å². The molecule has 2 heterocycles. The molecule has 0 aliphatic carbocycles. The van der Waals surface area contributed by atoms with Crippen molar-refractivity contribution in [2.45, 2.75) is 45.3 Å². The smallest absolute Gasteiger partial charge is 0.327 e. The predicted octanol–water partition coefficient (Wildman–Crippen LogP) is 1.40. The second kappa shape index (κ2) is 5.60. The van der Waals surface area contributed by atoms with Gasteiger partial charge in [0.05, 0.1) is 6.10 Å². The maximum absolute atomic E-state index is 12.6. The summed E-state index contributed by atoms with van der Waals surface area (Å²) in [5.74, 6) is -0.912. The van der Waals surface area contributed by atoms with Crippen molar-refractivity contribution >= 4 is 12.0 Å². The molecule has 0 radical (unpaired) electrons. The lowest BCUT2D eigenvalue weighted by Crippen LogP contribution is -2.59. The minimum Gasteiger partial charge on any atom is -0.480 e. The maximum Gasteiger partial charge on any atom is 0.327 e. The third kappa shape index (κ3) is 2.75. The molecule has 2 aliphatic rings. The number of carbonyl (C=O) groups is 2. The first-order chi connectivity index (χ1) is 9.36. The number of amides is 2. The second-order valence-corrected chi connectivity index (χ2v) is 6.40. The van der Waals surface area contributed by atoms with Crippen molar-refractivity contribution in [3.63, 3.8) is 0 Å². The van der Waals surface area contributed by atoms with E-state index in [0.717, 1.165) is 19.3 Å². The van der Waals surface area contributed by atoms with E-state index in [-0.39, 0.29) is 17.6 Å². The van der Waals surface area contributed by atoms with E-state index in [0.29, 0.717) is 19.6 Å². The Hall–Kier alpha value is -1.30. The van der Waals surface area contributed by atoms with E-state index in [2.05, 4.69) is 0 Å². The van der Waals surface area contributed by atoms with Gasteiger partial charge in [-0.2, -0.15) is 0 Å². The number of carbonyl (C=O) groups excluding carboxylic acids is 1. The molecule has 0 spiro atoms. The molecule has 2 unspecified atom stereocenters. The van der Waals surface area contributed by atoms with Crippen LogP contribution in [0.4, 0.5) is 4.79 Å². The van der Waals surface area contributed by atoms with E-state index in [1.807, 2.05) is 13.8 Å². The van der Waals surface area contributed by atoms with Gasteiger partial charge in [-0.05, 0) is 24.7 Å². The Bertz CT molecular complexity index is 397. The number of aliphatic carboxylic acids is 1. The lowest BCUT2D eigenvalue weighted by atomic mass is 9.76. The highest BCUT2D eigenvalue weighted by Gasteiger charge is 2.46. The van der Waals surface area contributed by atoms with Crippen molar-refractivity contribution in [1.82, 2.24) is 9.80 Å². The van der Waals surface area contributed by atoms with Crippen LogP contribution in [0.25, 0.3) is 0 Å². The molecule has 2 fully saturated rings. The zero-order valence-electron chi connectivity index (χ0n) is 12.5. The summed E-state index contributed by atoms with van der Waals surface area (Å²) < 4.78 is 5.27. The standard InChI is InChI=1S/C14H24N2O4/c1-14(2)6-4-7-16(11(14)12(17)18)13(19)15-8-5-10(9-15)20-3/h10-11H,4-9H2,1-3H3,(H,17,18). The second-order valence-electron chi connectivity index (χ2n) is 6.40. The molecular formula is C14H24N2O4. The quantitative estimate of drug-likeness (QED) is 0.832. The van der Waals surface area contributed by atoms with Gasteiger partial charge in [-0.3, -0.25) is 0 Å². The van der Waals surface area contributed by atoms with E-state index >= 15 is 0 Å². The third-order valence-corrected chi connectivity index (χ3v) is 4.50. The molecule has 2 rings (SSSR count). The molecule has 114 valence electrons. The van der Waals surface area contributed by atoms with Crippen molar-refractivity contribution in [2.75, 3.05) is 26.7 Å². The number of piperidine rings is 1. The Kier molecular flexibility index (Phi) is 4.22. The summed E-state index contributed by atoms with van der Waals surface area (Å²) in [7, 11) is 1.64. The number of hydrogen-bond acceptors (Lipinski definition) is 3. The Morgan fingerprint density at radius 2 is 2.00 bits per heavy atom. The number of rotatable bonds is 2. The zero-order valence-corrected chi connectivity index (χ0v) is 12.5. The fourth-order valence-electron chi connectivity index (χ4n) is 3.34. The molecule has 2 aliphatic heterocycles. The van der Waals surface area contributed by atoms with E-state index in [9.17, 15) is 14.7 Å². The van der Waals surface area contributed by atoms with Crippen LogP contribution in [-0.2, 0) is 9.53 Å². The molecule has 0 aromatic heterocycles. The molecule has 1 N–H and O–H groups in total. The van der Waals surface area contributed by atoms with Crippen LogP contribution in [0, 0.1) is 5.41 Å². The highest BCUT2D eigenvalue weighted by Crippen LogP contribution is 2.36. The Labute approximate surface area is 119 Å². The van der Waals surface area contributed by atoms with Gasteiger partial charge < -0.3 is 19.6 Å². The normalized spacial score (nSPS) is 29.6. The van der Waals surface area contributed by atoms with Crippen LogP contribution in [0.2, 0.25) is 0 Å². The largest absolute Gasteiger partial charge is 0.480 e. The molecule has 0 aromatic carbocycles. The molecule has 2 atom stereocenters. The summed E-state index contributed by atoms with van der Waals surface area (Å²) in [4.78, 5) is 27.4. The summed E-state index contributed by atoms with van der Waals surface area (Å²) in [6.07, 6.45) is 2.57. The first-order valence-corrected chi connectivity index (χ1v) is 7.18. The van der Waals surface area contributed by atoms with Crippen LogP contribution < -0.4 is 0 Å². The summed E-state index contributed by atoms with van der Waals surface area (Å²) in [5, 5.41) is 9.50. The molecule has 2 amide bonds. The summed E-state index contributed by atoms with van der Waals surface area (Å²) in [6, 6.07) is -0.907. The molecule has 0 saturated carbocycles. The Morgan fingerprint density at radius 3 is 2.55 bits per heavy atom. The number of nitrogens with zero attached hydrogens (tertiary/aromatic N) is 2. The number of ether oxygens (including phenoxy) is 1. The maximum atomic E-state index is 12.6. The van der Waals surface area contributed by atoms with Gasteiger partial charge in [0.2, 0.25) is 0 Å². The molecule has 0 bridgehead atoms. The van der Waals surface area contributed by atoms with Gasteiger partial charge in [0, 0.05) is 26.7 Å². The number of urea groups is 1. The van der Waals surface area contributed by atoms with Gasteiger partial charge in [0.15, 0.2) is 0 Å². The minimum atomic E-state index is -0.912. The molecule has 20 heavy (non-hydrogen) atoms. The van der Waals surface area contributed by atoms with Crippen molar-refractivity contribution < 1.29 is 19.4 Å². The average molecular weight is 284 g/mol. The SMILES string of the molecule is COC1CCN(C(=O)N2CCCC(C)(C)C2C(=O)O)C1.